The van der Waals surface area contributed by atoms with Gasteiger partial charge in [0.05, 0.1) is 19.1 Å². The zero-order valence-corrected chi connectivity index (χ0v) is 12.7. The summed E-state index contributed by atoms with van der Waals surface area (Å²) in [5.74, 6) is -6.38. The van der Waals surface area contributed by atoms with Gasteiger partial charge < -0.3 is 18.9 Å². The van der Waals surface area contributed by atoms with Crippen molar-refractivity contribution in [2.24, 2.45) is 17.8 Å². The summed E-state index contributed by atoms with van der Waals surface area (Å²) < 4.78 is 77.5. The molecule has 2 bridgehead atoms. The fourth-order valence-corrected chi connectivity index (χ4v) is 4.53. The Bertz CT molecular complexity index is 714. The highest BCUT2D eigenvalue weighted by molar-refractivity contribution is 7.87. The molecule has 5 unspecified atom stereocenters. The third kappa shape index (κ3) is 1.79. The zero-order chi connectivity index (χ0) is 17.5. The molecule has 2 heterocycles. The van der Waals surface area contributed by atoms with E-state index in [1.807, 2.05) is 0 Å². The van der Waals surface area contributed by atoms with Crippen LogP contribution in [0, 0.1) is 17.8 Å². The first-order valence-corrected chi connectivity index (χ1v) is 8.58. The SMILES string of the molecule is O=C1OC2C3CC(C2OC(=O)C(F)(F)S(=O)(=O)O)C2(OCCO2)C13. The summed E-state index contributed by atoms with van der Waals surface area (Å²) in [7, 11) is -5.99. The summed E-state index contributed by atoms with van der Waals surface area (Å²) in [6.45, 7) is 0.360. The Balaban J connectivity index is 1.64. The lowest BCUT2D eigenvalue weighted by Crippen LogP contribution is -2.54. The van der Waals surface area contributed by atoms with Crippen LogP contribution in [0.2, 0.25) is 0 Å². The van der Waals surface area contributed by atoms with E-state index < -0.39 is 63.1 Å². The smallest absolute Gasteiger partial charge is 0.458 e. The highest BCUT2D eigenvalue weighted by Crippen LogP contribution is 2.63. The van der Waals surface area contributed by atoms with E-state index in [1.54, 1.807) is 0 Å². The van der Waals surface area contributed by atoms with Crippen molar-refractivity contribution in [3.05, 3.63) is 0 Å². The molecular formula is C12H12F2O9S. The molecule has 134 valence electrons. The quantitative estimate of drug-likeness (QED) is 0.508. The second-order valence-electron chi connectivity index (χ2n) is 6.17. The number of rotatable bonds is 3. The first-order valence-electron chi connectivity index (χ1n) is 7.14. The molecule has 2 saturated carbocycles. The van der Waals surface area contributed by atoms with Crippen LogP contribution in [0.4, 0.5) is 8.78 Å². The summed E-state index contributed by atoms with van der Waals surface area (Å²) in [5.41, 5.74) is 0. The highest BCUT2D eigenvalue weighted by Gasteiger charge is 2.77. The third-order valence-corrected chi connectivity index (χ3v) is 5.91. The molecule has 24 heavy (non-hydrogen) atoms. The molecule has 9 nitrogen and oxygen atoms in total. The monoisotopic (exact) mass is 370 g/mol. The van der Waals surface area contributed by atoms with E-state index >= 15 is 0 Å². The van der Waals surface area contributed by atoms with Crippen molar-refractivity contribution in [3.8, 4) is 0 Å². The van der Waals surface area contributed by atoms with E-state index in [9.17, 15) is 26.8 Å². The van der Waals surface area contributed by atoms with Crippen LogP contribution in [-0.2, 0) is 38.7 Å². The summed E-state index contributed by atoms with van der Waals surface area (Å²) in [6.07, 6.45) is -2.01. The topological polar surface area (TPSA) is 125 Å². The molecule has 2 saturated heterocycles. The lowest BCUT2D eigenvalue weighted by Gasteiger charge is -2.38. The molecule has 0 aromatic rings. The standard InChI is InChI=1S/C12H12F2O9S/c13-12(14,24(17,18)19)10(16)23-8-5-3-4-6(9(15)22-7(4)8)11(5)20-1-2-21-11/h4-8H,1-3H2,(H,17,18,19). The van der Waals surface area contributed by atoms with Gasteiger partial charge in [-0.1, -0.05) is 0 Å². The van der Waals surface area contributed by atoms with Crippen LogP contribution in [0.15, 0.2) is 0 Å². The molecule has 1 N–H and O–H groups in total. The Hall–Kier alpha value is -1.37. The van der Waals surface area contributed by atoms with Crippen LogP contribution >= 0.6 is 0 Å². The van der Waals surface area contributed by atoms with Crippen LogP contribution in [-0.4, -0.2) is 61.4 Å². The second-order valence-corrected chi connectivity index (χ2v) is 7.63. The van der Waals surface area contributed by atoms with Gasteiger partial charge in [0.15, 0.2) is 5.79 Å². The van der Waals surface area contributed by atoms with Crippen molar-refractivity contribution < 1.29 is 50.3 Å². The van der Waals surface area contributed by atoms with Crippen molar-refractivity contribution in [2.45, 2.75) is 29.7 Å². The van der Waals surface area contributed by atoms with E-state index in [-0.39, 0.29) is 19.6 Å². The Kier molecular flexibility index (Phi) is 3.10. The molecule has 1 spiro atoms. The number of esters is 2. The van der Waals surface area contributed by atoms with Gasteiger partial charge in [-0.05, 0) is 6.42 Å². The number of halogens is 2. The van der Waals surface area contributed by atoms with Crippen molar-refractivity contribution in [2.75, 3.05) is 13.2 Å². The number of fused-ring (bicyclic) bond motifs is 3. The maximum absolute atomic E-state index is 13.4. The van der Waals surface area contributed by atoms with Crippen LogP contribution in [0.25, 0.3) is 0 Å². The fraction of sp³-hybridized carbons (Fsp3) is 0.833. The van der Waals surface area contributed by atoms with Crippen LogP contribution in [0.3, 0.4) is 0 Å². The number of carbonyl (C=O) groups is 2. The van der Waals surface area contributed by atoms with E-state index in [4.69, 9.17) is 18.8 Å². The summed E-state index contributed by atoms with van der Waals surface area (Å²) in [6, 6.07) is 0. The van der Waals surface area contributed by atoms with Crippen LogP contribution < -0.4 is 0 Å². The number of hydrogen-bond donors (Lipinski definition) is 1. The normalized spacial score (nSPS) is 39.5. The Morgan fingerprint density at radius 1 is 1.33 bits per heavy atom. The lowest BCUT2D eigenvalue weighted by atomic mass is 9.82. The number of carbonyl (C=O) groups excluding carboxylic acids is 2. The van der Waals surface area contributed by atoms with Crippen LogP contribution in [0.5, 0.6) is 0 Å². The van der Waals surface area contributed by atoms with Gasteiger partial charge >= 0.3 is 27.3 Å². The highest BCUT2D eigenvalue weighted by atomic mass is 32.2. The molecule has 4 rings (SSSR count). The average molecular weight is 370 g/mol. The van der Waals surface area contributed by atoms with E-state index in [0.29, 0.717) is 0 Å². The number of hydrogen-bond acceptors (Lipinski definition) is 8. The Labute approximate surface area is 133 Å². The zero-order valence-electron chi connectivity index (χ0n) is 11.9. The van der Waals surface area contributed by atoms with Crippen molar-refractivity contribution in [3.63, 3.8) is 0 Å². The molecule has 2 aliphatic carbocycles. The Morgan fingerprint density at radius 2 is 1.96 bits per heavy atom. The molecule has 0 aromatic carbocycles. The molecule has 5 atom stereocenters. The fourth-order valence-electron chi connectivity index (χ4n) is 4.27. The Morgan fingerprint density at radius 3 is 2.54 bits per heavy atom. The van der Waals surface area contributed by atoms with Gasteiger partial charge in [0, 0.05) is 5.92 Å². The minimum absolute atomic E-state index is 0.180. The average Bonchev–Trinajstić information content (AvgIpc) is 3.17. The third-order valence-electron chi connectivity index (χ3n) is 5.10. The number of alkyl halides is 2. The molecule has 4 fully saturated rings. The maximum atomic E-state index is 13.4. The minimum atomic E-state index is -5.99. The molecule has 4 aliphatic rings. The molecule has 12 heteroatoms. The predicted molar refractivity (Wildman–Crippen MR) is 66.0 cm³/mol. The van der Waals surface area contributed by atoms with Gasteiger partial charge in [0.1, 0.15) is 18.1 Å². The van der Waals surface area contributed by atoms with Gasteiger partial charge in [-0.15, -0.1) is 0 Å². The molecule has 0 radical (unpaired) electrons. The van der Waals surface area contributed by atoms with E-state index in [0.717, 1.165) is 0 Å². The minimum Gasteiger partial charge on any atom is -0.458 e. The molecule has 0 amide bonds. The van der Waals surface area contributed by atoms with Gasteiger partial charge in [-0.3, -0.25) is 9.35 Å². The largest absolute Gasteiger partial charge is 0.465 e. The lowest BCUT2D eigenvalue weighted by molar-refractivity contribution is -0.239. The summed E-state index contributed by atoms with van der Waals surface area (Å²) in [5, 5.41) is -5.12. The van der Waals surface area contributed by atoms with Gasteiger partial charge in [-0.2, -0.15) is 17.2 Å². The molecular weight excluding hydrogens is 358 g/mol. The van der Waals surface area contributed by atoms with Gasteiger partial charge in [-0.25, -0.2) is 4.79 Å². The predicted octanol–water partition coefficient (Wildman–Crippen LogP) is -0.687. The van der Waals surface area contributed by atoms with Gasteiger partial charge in [0.25, 0.3) is 0 Å². The first kappa shape index (κ1) is 16.1. The van der Waals surface area contributed by atoms with Crippen molar-refractivity contribution in [1.82, 2.24) is 0 Å². The maximum Gasteiger partial charge on any atom is 0.465 e. The van der Waals surface area contributed by atoms with Crippen LogP contribution in [0.1, 0.15) is 6.42 Å². The molecule has 0 aromatic heterocycles. The summed E-state index contributed by atoms with van der Waals surface area (Å²) in [4.78, 5) is 23.6. The number of ether oxygens (including phenoxy) is 4. The molecule has 2 aliphatic heterocycles. The van der Waals surface area contributed by atoms with E-state index in [2.05, 4.69) is 4.74 Å². The van der Waals surface area contributed by atoms with Crippen molar-refractivity contribution >= 4 is 22.1 Å². The van der Waals surface area contributed by atoms with E-state index in [1.165, 1.54) is 0 Å². The summed E-state index contributed by atoms with van der Waals surface area (Å²) >= 11 is 0. The van der Waals surface area contributed by atoms with Crippen molar-refractivity contribution in [1.29, 1.82) is 0 Å². The first-order chi connectivity index (χ1) is 11.1. The second kappa shape index (κ2) is 4.62. The van der Waals surface area contributed by atoms with Gasteiger partial charge in [0.2, 0.25) is 0 Å².